The first-order valence-electron chi connectivity index (χ1n) is 7.35. The maximum Gasteiger partial charge on any atom is 0.275 e. The highest BCUT2D eigenvalue weighted by atomic mass is 16.5. The molecule has 0 aromatic heterocycles. The molecule has 2 rings (SSSR count). The predicted octanol–water partition coefficient (Wildman–Crippen LogP) is 3.71. The van der Waals surface area contributed by atoms with Crippen LogP contribution in [0.4, 0.5) is 0 Å². The van der Waals surface area contributed by atoms with E-state index in [0.717, 1.165) is 29.7 Å². The molecule has 1 unspecified atom stereocenters. The molecule has 4 nitrogen and oxygen atoms in total. The molecule has 1 amide bonds. The minimum atomic E-state index is -0.268. The van der Waals surface area contributed by atoms with Crippen molar-refractivity contribution < 1.29 is 9.53 Å². The van der Waals surface area contributed by atoms with Crippen LogP contribution in [0.25, 0.3) is 0 Å². The van der Waals surface area contributed by atoms with Gasteiger partial charge in [0.2, 0.25) is 0 Å². The van der Waals surface area contributed by atoms with Gasteiger partial charge in [0.1, 0.15) is 5.75 Å². The lowest BCUT2D eigenvalue weighted by atomic mass is 9.85. The maximum absolute atomic E-state index is 12.3. The normalized spacial score (nSPS) is 19.5. The Morgan fingerprint density at radius 3 is 2.82 bits per heavy atom. The van der Waals surface area contributed by atoms with Crippen molar-refractivity contribution in [3.8, 4) is 5.75 Å². The Labute approximate surface area is 131 Å². The second kappa shape index (κ2) is 7.07. The molecule has 0 radical (unpaired) electrons. The molecule has 4 heteroatoms. The summed E-state index contributed by atoms with van der Waals surface area (Å²) in [7, 11) is 1.55. The Kier molecular flexibility index (Phi) is 5.15. The van der Waals surface area contributed by atoms with E-state index in [0.29, 0.717) is 17.2 Å². The van der Waals surface area contributed by atoms with Gasteiger partial charge >= 0.3 is 0 Å². The first kappa shape index (κ1) is 16.0. The topological polar surface area (TPSA) is 50.7 Å². The van der Waals surface area contributed by atoms with Crippen molar-refractivity contribution in [1.29, 1.82) is 0 Å². The molecule has 0 heterocycles. The molecule has 1 aliphatic rings. The lowest BCUT2D eigenvalue weighted by molar-refractivity contribution is 0.0951. The highest BCUT2D eigenvalue weighted by molar-refractivity contribution is 6.03. The first-order valence-corrected chi connectivity index (χ1v) is 7.35. The van der Waals surface area contributed by atoms with Crippen LogP contribution in [-0.2, 0) is 0 Å². The summed E-state index contributed by atoms with van der Waals surface area (Å²) in [6.07, 6.45) is 3.95. The van der Waals surface area contributed by atoms with E-state index >= 15 is 0 Å². The van der Waals surface area contributed by atoms with Gasteiger partial charge < -0.3 is 4.74 Å². The summed E-state index contributed by atoms with van der Waals surface area (Å²) >= 11 is 0. The fourth-order valence-electron chi connectivity index (χ4n) is 2.43. The zero-order valence-electron chi connectivity index (χ0n) is 13.3. The standard InChI is InChI=1S/C18H22N2O2/c1-12(2)14-10-9-13(3)16(11-14)19-20-18(21)15-7-5-6-8-17(15)22-4/h5-9,14H,1,10-11H2,2-4H3,(H,20,21)/b19-16-. The van der Waals surface area contributed by atoms with Crippen LogP contribution in [0.2, 0.25) is 0 Å². The molecule has 116 valence electrons. The Balaban J connectivity index is 2.13. The second-order valence-electron chi connectivity index (χ2n) is 5.57. The third-order valence-corrected chi connectivity index (χ3v) is 3.94. The van der Waals surface area contributed by atoms with E-state index in [-0.39, 0.29) is 5.91 Å². The van der Waals surface area contributed by atoms with E-state index in [9.17, 15) is 4.79 Å². The molecule has 0 bridgehead atoms. The Morgan fingerprint density at radius 2 is 2.14 bits per heavy atom. The van der Waals surface area contributed by atoms with Crippen LogP contribution in [0.3, 0.4) is 0 Å². The van der Waals surface area contributed by atoms with E-state index in [1.165, 1.54) is 0 Å². The average Bonchev–Trinajstić information content (AvgIpc) is 2.53. The summed E-state index contributed by atoms with van der Waals surface area (Å²) in [4.78, 5) is 12.3. The fraction of sp³-hybridized carbons (Fsp3) is 0.333. The molecule has 0 spiro atoms. The third-order valence-electron chi connectivity index (χ3n) is 3.94. The van der Waals surface area contributed by atoms with E-state index < -0.39 is 0 Å². The monoisotopic (exact) mass is 298 g/mol. The lowest BCUT2D eigenvalue weighted by Crippen LogP contribution is -2.23. The SMILES string of the molecule is C=C(C)C1CC=C(C)/C(=N\NC(=O)c2ccccc2OC)C1. The first-order chi connectivity index (χ1) is 10.5. The number of nitrogens with one attached hydrogen (secondary N) is 1. The number of para-hydroxylation sites is 1. The molecule has 0 aliphatic heterocycles. The van der Waals surface area contributed by atoms with Crippen LogP contribution in [0, 0.1) is 5.92 Å². The number of methoxy groups -OCH3 is 1. The van der Waals surface area contributed by atoms with Gasteiger partial charge in [-0.05, 0) is 50.3 Å². The van der Waals surface area contributed by atoms with Crippen molar-refractivity contribution in [2.45, 2.75) is 26.7 Å². The summed E-state index contributed by atoms with van der Waals surface area (Å²) in [6.45, 7) is 8.06. The van der Waals surface area contributed by atoms with Crippen LogP contribution < -0.4 is 10.2 Å². The fourth-order valence-corrected chi connectivity index (χ4v) is 2.43. The average molecular weight is 298 g/mol. The van der Waals surface area contributed by atoms with Crippen molar-refractivity contribution in [2.24, 2.45) is 11.0 Å². The lowest BCUT2D eigenvalue weighted by Gasteiger charge is -2.22. The van der Waals surface area contributed by atoms with Crippen LogP contribution in [0.5, 0.6) is 5.75 Å². The minimum Gasteiger partial charge on any atom is -0.496 e. The number of carbonyl (C=O) groups excluding carboxylic acids is 1. The predicted molar refractivity (Wildman–Crippen MR) is 89.2 cm³/mol. The van der Waals surface area contributed by atoms with Gasteiger partial charge in [0, 0.05) is 0 Å². The molecule has 0 saturated carbocycles. The van der Waals surface area contributed by atoms with Gasteiger partial charge in [-0.15, -0.1) is 0 Å². The van der Waals surface area contributed by atoms with Gasteiger partial charge in [0.05, 0.1) is 18.4 Å². The number of allylic oxidation sites excluding steroid dienone is 3. The molecular formula is C18H22N2O2. The van der Waals surface area contributed by atoms with Gasteiger partial charge in [-0.25, -0.2) is 5.43 Å². The number of hydrogen-bond acceptors (Lipinski definition) is 3. The Hall–Kier alpha value is -2.36. The number of ether oxygens (including phenoxy) is 1. The van der Waals surface area contributed by atoms with E-state index in [1.54, 1.807) is 25.3 Å². The Morgan fingerprint density at radius 1 is 1.41 bits per heavy atom. The van der Waals surface area contributed by atoms with E-state index in [1.807, 2.05) is 19.9 Å². The van der Waals surface area contributed by atoms with Crippen LogP contribution in [0.15, 0.2) is 53.2 Å². The van der Waals surface area contributed by atoms with Crippen molar-refractivity contribution >= 4 is 11.6 Å². The quantitative estimate of drug-likeness (QED) is 0.680. The summed E-state index contributed by atoms with van der Waals surface area (Å²) in [5.74, 6) is 0.664. The van der Waals surface area contributed by atoms with Gasteiger partial charge in [-0.3, -0.25) is 4.79 Å². The second-order valence-corrected chi connectivity index (χ2v) is 5.57. The van der Waals surface area contributed by atoms with Gasteiger partial charge in [-0.1, -0.05) is 30.4 Å². The summed E-state index contributed by atoms with van der Waals surface area (Å²) in [6, 6.07) is 7.10. The summed E-state index contributed by atoms with van der Waals surface area (Å²) < 4.78 is 5.20. The third kappa shape index (κ3) is 3.64. The zero-order chi connectivity index (χ0) is 16.1. The highest BCUT2D eigenvalue weighted by Gasteiger charge is 2.19. The van der Waals surface area contributed by atoms with Gasteiger partial charge in [-0.2, -0.15) is 5.10 Å². The molecule has 1 N–H and O–H groups in total. The molecule has 1 aliphatic carbocycles. The number of amides is 1. The van der Waals surface area contributed by atoms with Crippen molar-refractivity contribution in [2.75, 3.05) is 7.11 Å². The van der Waals surface area contributed by atoms with Gasteiger partial charge in [0.25, 0.3) is 5.91 Å². The molecule has 0 fully saturated rings. The maximum atomic E-state index is 12.3. The summed E-state index contributed by atoms with van der Waals surface area (Å²) in [5, 5.41) is 4.30. The number of benzene rings is 1. The van der Waals surface area contributed by atoms with Crippen LogP contribution in [0.1, 0.15) is 37.0 Å². The van der Waals surface area contributed by atoms with E-state index in [4.69, 9.17) is 4.74 Å². The Bertz CT molecular complexity index is 644. The van der Waals surface area contributed by atoms with Crippen molar-refractivity contribution in [3.63, 3.8) is 0 Å². The molecule has 1 aromatic carbocycles. The number of carbonyl (C=O) groups is 1. The minimum absolute atomic E-state index is 0.268. The largest absolute Gasteiger partial charge is 0.496 e. The van der Waals surface area contributed by atoms with Crippen LogP contribution in [-0.4, -0.2) is 18.7 Å². The number of hydrogen-bond donors (Lipinski definition) is 1. The molecule has 22 heavy (non-hydrogen) atoms. The number of rotatable bonds is 4. The van der Waals surface area contributed by atoms with E-state index in [2.05, 4.69) is 23.2 Å². The molecular weight excluding hydrogens is 276 g/mol. The number of hydrazone groups is 1. The highest BCUT2D eigenvalue weighted by Crippen LogP contribution is 2.26. The smallest absolute Gasteiger partial charge is 0.275 e. The molecule has 0 saturated heterocycles. The summed E-state index contributed by atoms with van der Waals surface area (Å²) in [5.41, 5.74) is 6.27. The zero-order valence-corrected chi connectivity index (χ0v) is 13.3. The molecule has 1 atom stereocenters. The van der Waals surface area contributed by atoms with Gasteiger partial charge in [0.15, 0.2) is 0 Å². The van der Waals surface area contributed by atoms with Crippen molar-refractivity contribution in [1.82, 2.24) is 5.43 Å². The molecule has 1 aromatic rings. The van der Waals surface area contributed by atoms with Crippen molar-refractivity contribution in [3.05, 3.63) is 53.6 Å². The number of nitrogens with zero attached hydrogens (tertiary/aromatic N) is 1. The van der Waals surface area contributed by atoms with Crippen LogP contribution >= 0.6 is 0 Å².